The van der Waals surface area contributed by atoms with Gasteiger partial charge in [0.05, 0.1) is 4.92 Å². The topological polar surface area (TPSA) is 92.6 Å². The Morgan fingerprint density at radius 3 is 2.58 bits per heavy atom. The van der Waals surface area contributed by atoms with Crippen molar-refractivity contribution in [2.45, 2.75) is 12.5 Å². The normalized spacial score (nSPS) is 19.8. The molecule has 7 heteroatoms. The molecule has 1 heterocycles. The third-order valence-corrected chi connectivity index (χ3v) is 4.31. The highest BCUT2D eigenvalue weighted by atomic mass is 16.6. The summed E-state index contributed by atoms with van der Waals surface area (Å²) >= 11 is 0. The van der Waals surface area contributed by atoms with Gasteiger partial charge in [-0.2, -0.15) is 0 Å². The molecule has 3 amide bonds. The number of nitrogens with one attached hydrogen (secondary N) is 1. The van der Waals surface area contributed by atoms with Crippen LogP contribution in [0.3, 0.4) is 0 Å². The van der Waals surface area contributed by atoms with Crippen LogP contribution in [-0.4, -0.2) is 28.3 Å². The van der Waals surface area contributed by atoms with Gasteiger partial charge in [0.2, 0.25) is 0 Å². The van der Waals surface area contributed by atoms with E-state index < -0.39 is 22.4 Å². The molecular formula is C19H17N3O4. The second kappa shape index (κ2) is 6.79. The number of benzene rings is 2. The van der Waals surface area contributed by atoms with Gasteiger partial charge in [0.15, 0.2) is 0 Å². The lowest BCUT2D eigenvalue weighted by atomic mass is 9.91. The summed E-state index contributed by atoms with van der Waals surface area (Å²) in [5.74, 6) is -0.444. The first kappa shape index (κ1) is 17.3. The largest absolute Gasteiger partial charge is 0.325 e. The number of hydrogen-bond donors (Lipinski definition) is 1. The Hall–Kier alpha value is -3.48. The van der Waals surface area contributed by atoms with Gasteiger partial charge in [-0.25, -0.2) is 4.79 Å². The van der Waals surface area contributed by atoms with E-state index in [9.17, 15) is 19.7 Å². The number of nitro groups is 1. The Kier molecular flexibility index (Phi) is 4.53. The quantitative estimate of drug-likeness (QED) is 0.509. The van der Waals surface area contributed by atoms with E-state index in [-0.39, 0.29) is 12.2 Å². The third kappa shape index (κ3) is 3.19. The Bertz CT molecular complexity index is 895. The SMILES string of the molecule is CC1(c2cccc([N+](=O)[O-])c2)NC(=O)N(C/C=C/c2ccccc2)C1=O. The van der Waals surface area contributed by atoms with E-state index in [2.05, 4.69) is 5.32 Å². The van der Waals surface area contributed by atoms with Crippen LogP contribution in [0.4, 0.5) is 10.5 Å². The van der Waals surface area contributed by atoms with Crippen LogP contribution in [0.1, 0.15) is 18.1 Å². The maximum atomic E-state index is 12.8. The molecular weight excluding hydrogens is 334 g/mol. The fourth-order valence-electron chi connectivity index (χ4n) is 2.85. The molecule has 0 spiro atoms. The van der Waals surface area contributed by atoms with Gasteiger partial charge in [-0.1, -0.05) is 54.6 Å². The van der Waals surface area contributed by atoms with Crippen molar-refractivity contribution in [2.24, 2.45) is 0 Å². The van der Waals surface area contributed by atoms with E-state index in [1.54, 1.807) is 19.1 Å². The Morgan fingerprint density at radius 2 is 1.88 bits per heavy atom. The monoisotopic (exact) mass is 351 g/mol. The van der Waals surface area contributed by atoms with E-state index in [0.717, 1.165) is 10.5 Å². The summed E-state index contributed by atoms with van der Waals surface area (Å²) in [5, 5.41) is 13.6. The second-order valence-electron chi connectivity index (χ2n) is 6.09. The van der Waals surface area contributed by atoms with E-state index in [1.807, 2.05) is 36.4 Å². The van der Waals surface area contributed by atoms with Gasteiger partial charge < -0.3 is 5.32 Å². The number of amides is 3. The molecule has 2 aromatic carbocycles. The highest BCUT2D eigenvalue weighted by Crippen LogP contribution is 2.30. The Balaban J connectivity index is 1.80. The van der Waals surface area contributed by atoms with E-state index in [0.29, 0.717) is 5.56 Å². The van der Waals surface area contributed by atoms with Crippen LogP contribution < -0.4 is 5.32 Å². The van der Waals surface area contributed by atoms with Crippen molar-refractivity contribution < 1.29 is 14.5 Å². The zero-order valence-electron chi connectivity index (χ0n) is 14.1. The minimum absolute atomic E-state index is 0.115. The average Bonchev–Trinajstić information content (AvgIpc) is 2.87. The van der Waals surface area contributed by atoms with Gasteiger partial charge in [-0.3, -0.25) is 19.8 Å². The summed E-state index contributed by atoms with van der Waals surface area (Å²) in [6, 6.07) is 14.7. The van der Waals surface area contributed by atoms with Gasteiger partial charge in [0.25, 0.3) is 11.6 Å². The molecule has 0 aliphatic carbocycles. The summed E-state index contributed by atoms with van der Waals surface area (Å²) in [4.78, 5) is 36.6. The van der Waals surface area contributed by atoms with Crippen molar-refractivity contribution >= 4 is 23.7 Å². The molecule has 132 valence electrons. The van der Waals surface area contributed by atoms with Gasteiger partial charge >= 0.3 is 6.03 Å². The molecule has 1 saturated heterocycles. The van der Waals surface area contributed by atoms with Crippen LogP contribution in [0.5, 0.6) is 0 Å². The number of nitro benzene ring substituents is 1. The highest BCUT2D eigenvalue weighted by Gasteiger charge is 2.48. The molecule has 0 saturated carbocycles. The molecule has 0 bridgehead atoms. The highest BCUT2D eigenvalue weighted by molar-refractivity contribution is 6.07. The summed E-state index contributed by atoms with van der Waals surface area (Å²) < 4.78 is 0. The molecule has 1 N–H and O–H groups in total. The first-order valence-corrected chi connectivity index (χ1v) is 8.02. The van der Waals surface area contributed by atoms with Crippen LogP contribution in [0.2, 0.25) is 0 Å². The smallest absolute Gasteiger partial charge is 0.319 e. The summed E-state index contributed by atoms with van der Waals surface area (Å²) in [5.41, 5.74) is -0.127. The molecule has 2 aromatic rings. The molecule has 0 aromatic heterocycles. The lowest BCUT2D eigenvalue weighted by Crippen LogP contribution is -2.40. The van der Waals surface area contributed by atoms with Crippen LogP contribution in [0.15, 0.2) is 60.7 Å². The zero-order chi connectivity index (χ0) is 18.7. The summed E-state index contributed by atoms with van der Waals surface area (Å²) in [6.45, 7) is 1.66. The molecule has 7 nitrogen and oxygen atoms in total. The third-order valence-electron chi connectivity index (χ3n) is 4.31. The number of urea groups is 1. The lowest BCUT2D eigenvalue weighted by Gasteiger charge is -2.21. The first-order chi connectivity index (χ1) is 12.4. The van der Waals surface area contributed by atoms with E-state index in [4.69, 9.17) is 0 Å². The molecule has 1 fully saturated rings. The van der Waals surface area contributed by atoms with Crippen LogP contribution in [0, 0.1) is 10.1 Å². The van der Waals surface area contributed by atoms with Crippen molar-refractivity contribution in [3.05, 3.63) is 81.9 Å². The average molecular weight is 351 g/mol. The maximum Gasteiger partial charge on any atom is 0.325 e. The predicted molar refractivity (Wildman–Crippen MR) is 96.2 cm³/mol. The maximum absolute atomic E-state index is 12.8. The minimum Gasteiger partial charge on any atom is -0.319 e. The Morgan fingerprint density at radius 1 is 1.15 bits per heavy atom. The van der Waals surface area contributed by atoms with E-state index in [1.165, 1.54) is 18.2 Å². The number of imide groups is 1. The number of nitrogens with zero attached hydrogens (tertiary/aromatic N) is 2. The van der Waals surface area contributed by atoms with Crippen molar-refractivity contribution in [3.63, 3.8) is 0 Å². The second-order valence-corrected chi connectivity index (χ2v) is 6.09. The van der Waals surface area contributed by atoms with Gasteiger partial charge in [0.1, 0.15) is 5.54 Å². The van der Waals surface area contributed by atoms with Gasteiger partial charge in [0, 0.05) is 18.7 Å². The molecule has 26 heavy (non-hydrogen) atoms. The van der Waals surface area contributed by atoms with Crippen molar-refractivity contribution in [2.75, 3.05) is 6.54 Å². The molecule has 3 rings (SSSR count). The molecule has 1 aliphatic rings. The number of carbonyl (C=O) groups excluding carboxylic acids is 2. The van der Waals surface area contributed by atoms with Gasteiger partial charge in [-0.05, 0) is 18.1 Å². The molecule has 1 atom stereocenters. The number of rotatable bonds is 5. The summed E-state index contributed by atoms with van der Waals surface area (Å²) in [6.07, 6.45) is 3.55. The predicted octanol–water partition coefficient (Wildman–Crippen LogP) is 3.08. The van der Waals surface area contributed by atoms with Crippen molar-refractivity contribution in [1.29, 1.82) is 0 Å². The van der Waals surface area contributed by atoms with Crippen molar-refractivity contribution in [1.82, 2.24) is 10.2 Å². The van der Waals surface area contributed by atoms with E-state index >= 15 is 0 Å². The first-order valence-electron chi connectivity index (χ1n) is 8.02. The van der Waals surface area contributed by atoms with Gasteiger partial charge in [-0.15, -0.1) is 0 Å². The number of hydrogen-bond acceptors (Lipinski definition) is 4. The van der Waals surface area contributed by atoms with Crippen LogP contribution in [-0.2, 0) is 10.3 Å². The fraction of sp³-hybridized carbons (Fsp3) is 0.158. The minimum atomic E-state index is -1.33. The standard InChI is InChI=1S/C19H17N3O4/c1-19(15-10-5-11-16(13-15)22(25)26)17(23)21(18(24)20-19)12-6-9-14-7-3-2-4-8-14/h2-11,13H,12H2,1H3,(H,20,24)/b9-6+. The molecule has 0 radical (unpaired) electrons. The van der Waals surface area contributed by atoms with Crippen LogP contribution in [0.25, 0.3) is 6.08 Å². The Labute approximate surface area is 150 Å². The molecule has 1 unspecified atom stereocenters. The number of carbonyl (C=O) groups is 2. The molecule has 1 aliphatic heterocycles. The zero-order valence-corrected chi connectivity index (χ0v) is 14.1. The lowest BCUT2D eigenvalue weighted by molar-refractivity contribution is -0.385. The summed E-state index contributed by atoms with van der Waals surface area (Å²) in [7, 11) is 0. The number of non-ortho nitro benzene ring substituents is 1. The fourth-order valence-corrected chi connectivity index (χ4v) is 2.85. The van der Waals surface area contributed by atoms with Crippen LogP contribution >= 0.6 is 0 Å². The van der Waals surface area contributed by atoms with Crippen molar-refractivity contribution in [3.8, 4) is 0 Å².